The normalized spacial score (nSPS) is 10.5. The molecule has 0 aliphatic carbocycles. The molecule has 4 N–H and O–H groups in total. The van der Waals surface area contributed by atoms with Crippen LogP contribution in [0.2, 0.25) is 0 Å². The molecule has 0 fully saturated rings. The van der Waals surface area contributed by atoms with Gasteiger partial charge >= 0.3 is 0 Å². The lowest BCUT2D eigenvalue weighted by molar-refractivity contribution is 0.0924. The van der Waals surface area contributed by atoms with Crippen molar-refractivity contribution in [1.82, 2.24) is 10.6 Å². The Hall–Kier alpha value is -3.54. The number of nitrogens with one attached hydrogen (secondary N) is 2. The SMILES string of the molecule is O=C(NCCNC(=O)c1cc2ccccc2cc1O)c1ccccc1O. The van der Waals surface area contributed by atoms with E-state index in [0.29, 0.717) is 0 Å². The number of rotatable bonds is 5. The van der Waals surface area contributed by atoms with Crippen LogP contribution in [0.1, 0.15) is 20.7 Å². The van der Waals surface area contributed by atoms with E-state index in [0.717, 1.165) is 10.8 Å². The van der Waals surface area contributed by atoms with E-state index in [-0.39, 0.29) is 35.7 Å². The van der Waals surface area contributed by atoms with Crippen LogP contribution >= 0.6 is 0 Å². The van der Waals surface area contributed by atoms with Gasteiger partial charge in [-0.1, -0.05) is 36.4 Å². The summed E-state index contributed by atoms with van der Waals surface area (Å²) in [5.74, 6) is -1.05. The van der Waals surface area contributed by atoms with Crippen molar-refractivity contribution in [3.05, 3.63) is 71.8 Å². The number of amides is 2. The highest BCUT2D eigenvalue weighted by Gasteiger charge is 2.13. The van der Waals surface area contributed by atoms with Crippen LogP contribution in [0.3, 0.4) is 0 Å². The molecule has 3 aromatic rings. The van der Waals surface area contributed by atoms with Gasteiger partial charge in [0.05, 0.1) is 11.1 Å². The van der Waals surface area contributed by atoms with Crippen LogP contribution in [-0.2, 0) is 0 Å². The fourth-order valence-electron chi connectivity index (χ4n) is 2.62. The Bertz CT molecular complexity index is 969. The third kappa shape index (κ3) is 3.75. The van der Waals surface area contributed by atoms with E-state index in [9.17, 15) is 19.8 Å². The second-order valence-corrected chi connectivity index (χ2v) is 5.75. The maximum atomic E-state index is 12.3. The Labute approximate surface area is 150 Å². The monoisotopic (exact) mass is 350 g/mol. The minimum Gasteiger partial charge on any atom is -0.507 e. The summed E-state index contributed by atoms with van der Waals surface area (Å²) in [4.78, 5) is 24.2. The first-order valence-electron chi connectivity index (χ1n) is 8.12. The Kier molecular flexibility index (Phi) is 5.03. The second kappa shape index (κ2) is 7.57. The Morgan fingerprint density at radius 3 is 1.88 bits per heavy atom. The summed E-state index contributed by atoms with van der Waals surface area (Å²) in [7, 11) is 0. The molecule has 0 bridgehead atoms. The number of carbonyl (C=O) groups excluding carboxylic acids is 2. The van der Waals surface area contributed by atoms with E-state index in [2.05, 4.69) is 10.6 Å². The fraction of sp³-hybridized carbons (Fsp3) is 0.100. The Morgan fingerprint density at radius 1 is 0.692 bits per heavy atom. The number of hydrogen-bond acceptors (Lipinski definition) is 4. The quantitative estimate of drug-likeness (QED) is 0.531. The third-order valence-electron chi connectivity index (χ3n) is 3.95. The van der Waals surface area contributed by atoms with Gasteiger partial charge in [-0.15, -0.1) is 0 Å². The van der Waals surface area contributed by atoms with Gasteiger partial charge in [0.15, 0.2) is 0 Å². The molecule has 26 heavy (non-hydrogen) atoms. The maximum Gasteiger partial charge on any atom is 0.255 e. The summed E-state index contributed by atoms with van der Waals surface area (Å²) >= 11 is 0. The van der Waals surface area contributed by atoms with Crippen LogP contribution in [0.4, 0.5) is 0 Å². The molecular weight excluding hydrogens is 332 g/mol. The summed E-state index contributed by atoms with van der Waals surface area (Å²) in [6, 6.07) is 16.8. The molecule has 0 radical (unpaired) electrons. The van der Waals surface area contributed by atoms with Gasteiger partial charge in [-0.05, 0) is 35.0 Å². The van der Waals surface area contributed by atoms with Gasteiger partial charge in [0, 0.05) is 13.1 Å². The van der Waals surface area contributed by atoms with Crippen molar-refractivity contribution >= 4 is 22.6 Å². The molecular formula is C20H18N2O4. The van der Waals surface area contributed by atoms with Gasteiger partial charge in [-0.2, -0.15) is 0 Å². The van der Waals surface area contributed by atoms with Crippen molar-refractivity contribution in [1.29, 1.82) is 0 Å². The third-order valence-corrected chi connectivity index (χ3v) is 3.95. The molecule has 0 heterocycles. The summed E-state index contributed by atoms with van der Waals surface area (Å²) < 4.78 is 0. The van der Waals surface area contributed by atoms with Gasteiger partial charge in [-0.3, -0.25) is 9.59 Å². The number of fused-ring (bicyclic) bond motifs is 1. The predicted molar refractivity (Wildman–Crippen MR) is 98.4 cm³/mol. The number of benzene rings is 3. The maximum absolute atomic E-state index is 12.3. The zero-order chi connectivity index (χ0) is 18.5. The zero-order valence-electron chi connectivity index (χ0n) is 13.9. The van der Waals surface area contributed by atoms with Crippen LogP contribution in [0.15, 0.2) is 60.7 Å². The van der Waals surface area contributed by atoms with Crippen LogP contribution < -0.4 is 10.6 Å². The minimum absolute atomic E-state index is 0.0977. The van der Waals surface area contributed by atoms with E-state index < -0.39 is 11.8 Å². The topological polar surface area (TPSA) is 98.7 Å². The highest BCUT2D eigenvalue weighted by Crippen LogP contribution is 2.24. The van der Waals surface area contributed by atoms with Crippen LogP contribution in [0.5, 0.6) is 11.5 Å². The van der Waals surface area contributed by atoms with Crippen molar-refractivity contribution in [2.45, 2.75) is 0 Å². The van der Waals surface area contributed by atoms with Crippen molar-refractivity contribution < 1.29 is 19.8 Å². The summed E-state index contributed by atoms with van der Waals surface area (Å²) in [6.45, 7) is 0.373. The van der Waals surface area contributed by atoms with E-state index in [1.54, 1.807) is 24.3 Å². The largest absolute Gasteiger partial charge is 0.507 e. The molecule has 0 saturated heterocycles. The van der Waals surface area contributed by atoms with E-state index >= 15 is 0 Å². The van der Waals surface area contributed by atoms with Gasteiger partial charge in [0.25, 0.3) is 11.8 Å². The number of phenols is 2. The zero-order valence-corrected chi connectivity index (χ0v) is 13.9. The molecule has 2 amide bonds. The van der Waals surface area contributed by atoms with Gasteiger partial charge in [0.1, 0.15) is 11.5 Å². The number of hydrogen-bond donors (Lipinski definition) is 4. The first kappa shape index (κ1) is 17.3. The first-order chi connectivity index (χ1) is 12.6. The molecule has 0 unspecified atom stereocenters. The molecule has 0 spiro atoms. The van der Waals surface area contributed by atoms with Crippen molar-refractivity contribution in [3.63, 3.8) is 0 Å². The predicted octanol–water partition coefficient (Wildman–Crippen LogP) is 2.41. The molecule has 3 aromatic carbocycles. The van der Waals surface area contributed by atoms with Crippen LogP contribution in [0, 0.1) is 0 Å². The number of aromatic hydroxyl groups is 2. The average molecular weight is 350 g/mol. The highest BCUT2D eigenvalue weighted by atomic mass is 16.3. The Morgan fingerprint density at radius 2 is 1.23 bits per heavy atom. The molecule has 0 aliphatic heterocycles. The lowest BCUT2D eigenvalue weighted by Gasteiger charge is -2.10. The van der Waals surface area contributed by atoms with Crippen LogP contribution in [0.25, 0.3) is 10.8 Å². The summed E-state index contributed by atoms with van der Waals surface area (Å²) in [5, 5.41) is 26.6. The van der Waals surface area contributed by atoms with E-state index in [1.165, 1.54) is 12.1 Å². The van der Waals surface area contributed by atoms with Crippen molar-refractivity contribution in [2.24, 2.45) is 0 Å². The molecule has 0 saturated carbocycles. The van der Waals surface area contributed by atoms with Gasteiger partial charge in [0.2, 0.25) is 0 Å². The molecule has 0 aromatic heterocycles. The molecule has 132 valence electrons. The molecule has 3 rings (SSSR count). The van der Waals surface area contributed by atoms with E-state index in [1.807, 2.05) is 24.3 Å². The second-order valence-electron chi connectivity index (χ2n) is 5.75. The first-order valence-corrected chi connectivity index (χ1v) is 8.12. The smallest absolute Gasteiger partial charge is 0.255 e. The summed E-state index contributed by atoms with van der Waals surface area (Å²) in [6.07, 6.45) is 0. The lowest BCUT2D eigenvalue weighted by Crippen LogP contribution is -2.34. The molecule has 6 nitrogen and oxygen atoms in total. The lowest BCUT2D eigenvalue weighted by atomic mass is 10.1. The molecule has 0 atom stereocenters. The van der Waals surface area contributed by atoms with Crippen molar-refractivity contribution in [3.8, 4) is 11.5 Å². The summed E-state index contributed by atoms with van der Waals surface area (Å²) in [5.41, 5.74) is 0.349. The van der Waals surface area contributed by atoms with Crippen molar-refractivity contribution in [2.75, 3.05) is 13.1 Å². The molecule has 6 heteroatoms. The molecule has 0 aliphatic rings. The van der Waals surface area contributed by atoms with Gasteiger partial charge in [-0.25, -0.2) is 0 Å². The average Bonchev–Trinajstić information content (AvgIpc) is 2.64. The Balaban J connectivity index is 1.57. The highest BCUT2D eigenvalue weighted by molar-refractivity contribution is 6.01. The van der Waals surface area contributed by atoms with Crippen LogP contribution in [-0.4, -0.2) is 35.1 Å². The number of para-hydroxylation sites is 1. The van der Waals surface area contributed by atoms with Gasteiger partial charge < -0.3 is 20.8 Å². The number of carbonyl (C=O) groups is 2. The van der Waals surface area contributed by atoms with E-state index in [4.69, 9.17) is 0 Å². The minimum atomic E-state index is -0.426. The standard InChI is InChI=1S/C20H18N2O4/c23-17-8-4-3-7-15(17)19(25)21-9-10-22-20(26)16-11-13-5-1-2-6-14(13)12-18(16)24/h1-8,11-12,23-24H,9-10H2,(H,21,25)(H,22,26). The fourth-order valence-corrected chi connectivity index (χ4v) is 2.62. The number of phenolic OH excluding ortho intramolecular Hbond substituents is 2.